The van der Waals surface area contributed by atoms with Gasteiger partial charge in [-0.3, -0.25) is 0 Å². The van der Waals surface area contributed by atoms with Crippen LogP contribution in [-0.2, 0) is 9.53 Å². The molecule has 2 N–H and O–H groups in total. The van der Waals surface area contributed by atoms with Gasteiger partial charge in [-0.15, -0.1) is 0 Å². The molecule has 0 aliphatic carbocycles. The second kappa shape index (κ2) is 10.0. The van der Waals surface area contributed by atoms with E-state index in [0.717, 1.165) is 12.0 Å². The van der Waals surface area contributed by atoms with E-state index >= 15 is 0 Å². The van der Waals surface area contributed by atoms with Gasteiger partial charge in [0.25, 0.3) is 0 Å². The lowest BCUT2D eigenvalue weighted by Gasteiger charge is -2.30. The molecule has 1 aliphatic heterocycles. The Morgan fingerprint density at radius 3 is 2.50 bits per heavy atom. The Morgan fingerprint density at radius 2 is 1.89 bits per heavy atom. The van der Waals surface area contributed by atoms with E-state index in [4.69, 9.17) is 14.2 Å². The summed E-state index contributed by atoms with van der Waals surface area (Å²) in [7, 11) is 0. The Kier molecular flexibility index (Phi) is 7.72. The van der Waals surface area contributed by atoms with E-state index in [1.54, 1.807) is 26.0 Å². The van der Waals surface area contributed by atoms with Crippen LogP contribution in [0.15, 0.2) is 29.5 Å². The van der Waals surface area contributed by atoms with Crippen molar-refractivity contribution in [1.29, 1.82) is 0 Å². The molecule has 7 nitrogen and oxygen atoms in total. The van der Waals surface area contributed by atoms with Crippen LogP contribution in [0.3, 0.4) is 0 Å². The van der Waals surface area contributed by atoms with Crippen LogP contribution in [0.2, 0.25) is 0 Å². The highest BCUT2D eigenvalue weighted by molar-refractivity contribution is 5.95. The fourth-order valence-electron chi connectivity index (χ4n) is 2.97. The van der Waals surface area contributed by atoms with E-state index < -0.39 is 12.0 Å². The summed E-state index contributed by atoms with van der Waals surface area (Å²) < 4.78 is 16.9. The van der Waals surface area contributed by atoms with Crippen molar-refractivity contribution in [2.75, 3.05) is 13.2 Å². The van der Waals surface area contributed by atoms with Crippen LogP contribution >= 0.6 is 0 Å². The minimum absolute atomic E-state index is 0.264. The molecule has 154 valence electrons. The number of hydrogen-bond donors (Lipinski definition) is 2. The first-order valence-electron chi connectivity index (χ1n) is 9.82. The van der Waals surface area contributed by atoms with Gasteiger partial charge < -0.3 is 24.8 Å². The molecule has 28 heavy (non-hydrogen) atoms. The number of amides is 2. The highest BCUT2D eigenvalue weighted by Crippen LogP contribution is 2.35. The van der Waals surface area contributed by atoms with Crippen molar-refractivity contribution in [3.8, 4) is 11.5 Å². The molecule has 2 rings (SSSR count). The van der Waals surface area contributed by atoms with Crippen LogP contribution in [0.5, 0.6) is 11.5 Å². The molecule has 1 heterocycles. The number of ether oxygens (including phenoxy) is 3. The lowest BCUT2D eigenvalue weighted by Crippen LogP contribution is -2.46. The van der Waals surface area contributed by atoms with E-state index in [-0.39, 0.29) is 12.1 Å². The Labute approximate surface area is 166 Å². The van der Waals surface area contributed by atoms with E-state index in [9.17, 15) is 9.59 Å². The minimum atomic E-state index is -0.630. The SMILES string of the molecule is CCCOc1ccc(C2NC(=O)NC(CC)=C2C(=O)OC(C)C)cc1OCC. The van der Waals surface area contributed by atoms with E-state index in [1.807, 2.05) is 26.8 Å². The lowest BCUT2D eigenvalue weighted by molar-refractivity contribution is -0.143. The Bertz CT molecular complexity index is 742. The molecular weight excluding hydrogens is 360 g/mol. The maximum Gasteiger partial charge on any atom is 0.338 e. The molecule has 0 saturated carbocycles. The van der Waals surface area contributed by atoms with Crippen LogP contribution in [0.4, 0.5) is 4.79 Å². The average Bonchev–Trinajstić information content (AvgIpc) is 2.65. The first kappa shape index (κ1) is 21.6. The van der Waals surface area contributed by atoms with Gasteiger partial charge in [0.05, 0.1) is 30.9 Å². The number of carbonyl (C=O) groups excluding carboxylic acids is 2. The molecule has 0 bridgehead atoms. The number of allylic oxidation sites excluding steroid dienone is 1. The van der Waals surface area contributed by atoms with Gasteiger partial charge in [-0.25, -0.2) is 9.59 Å². The van der Waals surface area contributed by atoms with E-state index in [1.165, 1.54) is 0 Å². The summed E-state index contributed by atoms with van der Waals surface area (Å²) in [5.41, 5.74) is 1.69. The van der Waals surface area contributed by atoms with Crippen molar-refractivity contribution in [1.82, 2.24) is 10.6 Å². The monoisotopic (exact) mass is 390 g/mol. The number of nitrogens with one attached hydrogen (secondary N) is 2. The summed E-state index contributed by atoms with van der Waals surface area (Å²) in [6, 6.07) is 4.46. The fourth-order valence-corrected chi connectivity index (χ4v) is 2.97. The maximum absolute atomic E-state index is 12.8. The summed E-state index contributed by atoms with van der Waals surface area (Å²) in [5, 5.41) is 5.55. The molecule has 1 aromatic rings. The molecule has 0 saturated heterocycles. The van der Waals surface area contributed by atoms with Gasteiger partial charge in [0.1, 0.15) is 0 Å². The molecule has 1 atom stereocenters. The maximum atomic E-state index is 12.8. The van der Waals surface area contributed by atoms with Crippen molar-refractivity contribution in [2.45, 2.75) is 59.6 Å². The Hall–Kier alpha value is -2.70. The molecule has 0 aromatic heterocycles. The van der Waals surface area contributed by atoms with Crippen LogP contribution in [0.1, 0.15) is 59.1 Å². The predicted octanol–water partition coefficient (Wildman–Crippen LogP) is 3.84. The van der Waals surface area contributed by atoms with Gasteiger partial charge in [0.15, 0.2) is 11.5 Å². The molecule has 1 aromatic carbocycles. The van der Waals surface area contributed by atoms with Crippen molar-refractivity contribution < 1.29 is 23.8 Å². The average molecular weight is 390 g/mol. The lowest BCUT2D eigenvalue weighted by atomic mass is 9.94. The van der Waals surface area contributed by atoms with Crippen molar-refractivity contribution in [3.05, 3.63) is 35.0 Å². The first-order valence-corrected chi connectivity index (χ1v) is 9.82. The molecule has 2 amide bonds. The number of urea groups is 1. The topological polar surface area (TPSA) is 85.9 Å². The molecule has 1 aliphatic rings. The Morgan fingerprint density at radius 1 is 1.14 bits per heavy atom. The minimum Gasteiger partial charge on any atom is -0.490 e. The van der Waals surface area contributed by atoms with Crippen molar-refractivity contribution in [3.63, 3.8) is 0 Å². The van der Waals surface area contributed by atoms with E-state index in [0.29, 0.717) is 42.4 Å². The van der Waals surface area contributed by atoms with Gasteiger partial charge in [-0.05, 0) is 51.3 Å². The van der Waals surface area contributed by atoms with Gasteiger partial charge >= 0.3 is 12.0 Å². The van der Waals surface area contributed by atoms with Crippen LogP contribution in [-0.4, -0.2) is 31.3 Å². The van der Waals surface area contributed by atoms with Crippen LogP contribution in [0.25, 0.3) is 0 Å². The van der Waals surface area contributed by atoms with E-state index in [2.05, 4.69) is 10.6 Å². The zero-order chi connectivity index (χ0) is 20.7. The smallest absolute Gasteiger partial charge is 0.338 e. The molecular formula is C21H30N2O5. The molecule has 0 spiro atoms. The summed E-state index contributed by atoms with van der Waals surface area (Å²) in [6.45, 7) is 10.4. The van der Waals surface area contributed by atoms with Gasteiger partial charge in [-0.1, -0.05) is 19.9 Å². The molecule has 0 radical (unpaired) electrons. The van der Waals surface area contributed by atoms with Crippen LogP contribution < -0.4 is 20.1 Å². The third-order valence-corrected chi connectivity index (χ3v) is 4.13. The molecule has 1 unspecified atom stereocenters. The molecule has 0 fully saturated rings. The highest BCUT2D eigenvalue weighted by atomic mass is 16.5. The summed E-state index contributed by atoms with van der Waals surface area (Å²) in [6.07, 6.45) is 1.12. The number of hydrogen-bond acceptors (Lipinski definition) is 5. The second-order valence-corrected chi connectivity index (χ2v) is 6.72. The number of carbonyl (C=O) groups is 2. The van der Waals surface area contributed by atoms with Gasteiger partial charge in [0, 0.05) is 5.70 Å². The fraction of sp³-hybridized carbons (Fsp3) is 0.524. The van der Waals surface area contributed by atoms with Gasteiger partial charge in [-0.2, -0.15) is 0 Å². The Balaban J connectivity index is 2.47. The standard InChI is InChI=1S/C21H30N2O5/c1-6-11-27-16-10-9-14(12-17(16)26-8-3)19-18(20(24)28-13(4)5)15(7-2)22-21(25)23-19/h9-10,12-13,19H,6-8,11H2,1-5H3,(H2,22,23,25). The number of esters is 1. The predicted molar refractivity (Wildman–Crippen MR) is 106 cm³/mol. The third-order valence-electron chi connectivity index (χ3n) is 4.13. The highest BCUT2D eigenvalue weighted by Gasteiger charge is 2.34. The van der Waals surface area contributed by atoms with Crippen LogP contribution in [0, 0.1) is 0 Å². The summed E-state index contributed by atoms with van der Waals surface area (Å²) in [4.78, 5) is 24.9. The van der Waals surface area contributed by atoms with Gasteiger partial charge in [0.2, 0.25) is 0 Å². The number of rotatable bonds is 9. The van der Waals surface area contributed by atoms with Crippen molar-refractivity contribution in [2.24, 2.45) is 0 Å². The number of benzene rings is 1. The summed E-state index contributed by atoms with van der Waals surface area (Å²) in [5.74, 6) is 0.767. The zero-order valence-electron chi connectivity index (χ0n) is 17.3. The largest absolute Gasteiger partial charge is 0.490 e. The quantitative estimate of drug-likeness (QED) is 0.626. The second-order valence-electron chi connectivity index (χ2n) is 6.72. The zero-order valence-corrected chi connectivity index (χ0v) is 17.3. The normalized spacial score (nSPS) is 16.5. The van der Waals surface area contributed by atoms with Crippen molar-refractivity contribution >= 4 is 12.0 Å². The first-order chi connectivity index (χ1) is 13.4. The molecule has 7 heteroatoms. The third kappa shape index (κ3) is 5.18. The summed E-state index contributed by atoms with van der Waals surface area (Å²) >= 11 is 0.